The number of ether oxygens (including phenoxy) is 2. The molecule has 2 rings (SSSR count). The lowest BCUT2D eigenvalue weighted by Gasteiger charge is -2.13. The van der Waals surface area contributed by atoms with Crippen molar-refractivity contribution in [3.8, 4) is 17.6 Å². The minimum absolute atomic E-state index is 0.0227. The molecule has 0 heterocycles. The van der Waals surface area contributed by atoms with Crippen molar-refractivity contribution in [2.24, 2.45) is 0 Å². The summed E-state index contributed by atoms with van der Waals surface area (Å²) in [4.78, 5) is 12.5. The van der Waals surface area contributed by atoms with E-state index in [1.165, 1.54) is 36.4 Å². The Morgan fingerprint density at radius 3 is 2.61 bits per heavy atom. The van der Waals surface area contributed by atoms with Crippen molar-refractivity contribution in [1.29, 1.82) is 5.26 Å². The summed E-state index contributed by atoms with van der Waals surface area (Å²) in [5.74, 6) is -0.708. The van der Waals surface area contributed by atoms with Crippen molar-refractivity contribution in [3.63, 3.8) is 0 Å². The molecule has 0 radical (unpaired) electrons. The van der Waals surface area contributed by atoms with E-state index in [2.05, 4.69) is 4.72 Å². The predicted octanol–water partition coefficient (Wildman–Crippen LogP) is 3.52. The number of nitrogens with one attached hydrogen (secondary N) is 1. The van der Waals surface area contributed by atoms with E-state index in [1.54, 1.807) is 20.8 Å². The molecular formula is C19H19ClN2O5S. The minimum atomic E-state index is -3.77. The van der Waals surface area contributed by atoms with Gasteiger partial charge < -0.3 is 9.47 Å². The van der Waals surface area contributed by atoms with E-state index in [9.17, 15) is 13.2 Å². The molecule has 2 aromatic rings. The number of rotatable bonds is 7. The third kappa shape index (κ3) is 5.23. The number of carbonyl (C=O) groups is 1. The number of nitriles is 1. The van der Waals surface area contributed by atoms with Gasteiger partial charge in [0, 0.05) is 12.1 Å². The van der Waals surface area contributed by atoms with Gasteiger partial charge >= 0.3 is 5.97 Å². The van der Waals surface area contributed by atoms with Gasteiger partial charge in [0.15, 0.2) is 11.5 Å². The number of benzene rings is 2. The van der Waals surface area contributed by atoms with Crippen LogP contribution in [-0.2, 0) is 10.0 Å². The van der Waals surface area contributed by atoms with Gasteiger partial charge in [-0.3, -0.25) is 0 Å². The Hall–Kier alpha value is -2.60. The second-order valence-electron chi connectivity index (χ2n) is 6.02. The first-order valence-corrected chi connectivity index (χ1v) is 10.2. The van der Waals surface area contributed by atoms with Crippen LogP contribution in [0.1, 0.15) is 36.7 Å². The normalized spacial score (nSPS) is 11.1. The summed E-state index contributed by atoms with van der Waals surface area (Å²) in [5.41, 5.74) is 0.274. The molecule has 1 N–H and O–H groups in total. The van der Waals surface area contributed by atoms with E-state index < -0.39 is 16.0 Å². The van der Waals surface area contributed by atoms with Crippen molar-refractivity contribution in [3.05, 3.63) is 52.5 Å². The number of esters is 1. The molecule has 0 bridgehead atoms. The van der Waals surface area contributed by atoms with Crippen molar-refractivity contribution >= 4 is 27.6 Å². The van der Waals surface area contributed by atoms with Crippen LogP contribution < -0.4 is 14.2 Å². The molecule has 0 aliphatic rings. The first-order chi connectivity index (χ1) is 13.2. The number of halogens is 1. The van der Waals surface area contributed by atoms with Gasteiger partial charge in [-0.1, -0.05) is 17.7 Å². The molecule has 0 unspecified atom stereocenters. The average Bonchev–Trinajstić information content (AvgIpc) is 2.63. The summed E-state index contributed by atoms with van der Waals surface area (Å²) < 4.78 is 37.8. The number of carbonyl (C=O) groups excluding carboxylic acids is 1. The van der Waals surface area contributed by atoms with Crippen molar-refractivity contribution in [2.75, 3.05) is 6.61 Å². The Labute approximate surface area is 168 Å². The third-order valence-corrected chi connectivity index (χ3v) is 5.34. The molecule has 0 aliphatic heterocycles. The zero-order valence-electron chi connectivity index (χ0n) is 15.5. The van der Waals surface area contributed by atoms with E-state index in [0.717, 1.165) is 0 Å². The summed E-state index contributed by atoms with van der Waals surface area (Å²) in [5, 5.41) is 9.07. The lowest BCUT2D eigenvalue weighted by molar-refractivity contribution is 0.0728. The summed E-state index contributed by atoms with van der Waals surface area (Å²) >= 11 is 6.13. The highest BCUT2D eigenvalue weighted by Crippen LogP contribution is 2.37. The van der Waals surface area contributed by atoms with E-state index in [-0.39, 0.29) is 45.2 Å². The Balaban J connectivity index is 2.37. The molecule has 0 aliphatic carbocycles. The Morgan fingerprint density at radius 2 is 2.00 bits per heavy atom. The Kier molecular flexibility index (Phi) is 7.02. The van der Waals surface area contributed by atoms with Crippen molar-refractivity contribution in [1.82, 2.24) is 4.72 Å². The smallest absolute Gasteiger partial charge is 0.343 e. The molecule has 0 atom stereocenters. The van der Waals surface area contributed by atoms with Gasteiger partial charge in [0.05, 0.1) is 33.7 Å². The lowest BCUT2D eigenvalue weighted by Crippen LogP contribution is -2.30. The fourth-order valence-corrected chi connectivity index (χ4v) is 3.86. The zero-order chi connectivity index (χ0) is 20.9. The van der Waals surface area contributed by atoms with Crippen molar-refractivity contribution < 1.29 is 22.7 Å². The van der Waals surface area contributed by atoms with Crippen molar-refractivity contribution in [2.45, 2.75) is 31.7 Å². The summed E-state index contributed by atoms with van der Waals surface area (Å²) in [6, 6.07) is 9.85. The number of hydrogen-bond donors (Lipinski definition) is 1. The van der Waals surface area contributed by atoms with Crippen LogP contribution in [0.3, 0.4) is 0 Å². The third-order valence-electron chi connectivity index (χ3n) is 3.40. The van der Waals surface area contributed by atoms with E-state index in [1.807, 2.05) is 6.07 Å². The predicted molar refractivity (Wildman–Crippen MR) is 104 cm³/mol. The van der Waals surface area contributed by atoms with E-state index in [4.69, 9.17) is 26.3 Å². The van der Waals surface area contributed by atoms with Crippen LogP contribution in [0.25, 0.3) is 0 Å². The van der Waals surface area contributed by atoms with E-state index >= 15 is 0 Å². The van der Waals surface area contributed by atoms with Gasteiger partial charge in [0.1, 0.15) is 0 Å². The summed E-state index contributed by atoms with van der Waals surface area (Å²) in [7, 11) is -3.77. The molecule has 0 saturated carbocycles. The minimum Gasteiger partial charge on any atom is -0.490 e. The Morgan fingerprint density at radius 1 is 1.29 bits per heavy atom. The summed E-state index contributed by atoms with van der Waals surface area (Å²) in [6.45, 7) is 5.38. The quantitative estimate of drug-likeness (QED) is 0.540. The molecule has 0 spiro atoms. The molecular weight excluding hydrogens is 404 g/mol. The van der Waals surface area contributed by atoms with Gasteiger partial charge in [-0.05, 0) is 45.0 Å². The first-order valence-electron chi connectivity index (χ1n) is 8.39. The molecule has 2 aromatic carbocycles. The van der Waals surface area contributed by atoms with Gasteiger partial charge in [-0.25, -0.2) is 17.9 Å². The molecule has 0 amide bonds. The number of hydrogen-bond acceptors (Lipinski definition) is 6. The van der Waals surface area contributed by atoms with E-state index in [0.29, 0.717) is 0 Å². The molecule has 0 aromatic heterocycles. The van der Waals surface area contributed by atoms with Crippen LogP contribution in [0.15, 0.2) is 41.3 Å². The number of sulfonamides is 1. The van der Waals surface area contributed by atoms with Gasteiger partial charge in [0.2, 0.25) is 10.0 Å². The topological polar surface area (TPSA) is 105 Å². The highest BCUT2D eigenvalue weighted by Gasteiger charge is 2.21. The maximum absolute atomic E-state index is 12.6. The highest BCUT2D eigenvalue weighted by molar-refractivity contribution is 7.89. The largest absolute Gasteiger partial charge is 0.490 e. The molecule has 0 saturated heterocycles. The number of nitrogens with zero attached hydrogens (tertiary/aromatic N) is 1. The molecule has 28 heavy (non-hydrogen) atoms. The zero-order valence-corrected chi connectivity index (χ0v) is 17.1. The monoisotopic (exact) mass is 422 g/mol. The molecule has 148 valence electrons. The van der Waals surface area contributed by atoms with Crippen LogP contribution in [0.2, 0.25) is 5.02 Å². The average molecular weight is 423 g/mol. The standard InChI is InChI=1S/C19H19ClN2O5S/c1-4-26-17-9-13(11-21)8-16(20)18(17)27-19(23)14-6-5-7-15(10-14)28(24,25)22-12(2)3/h5-10,12,22H,4H2,1-3H3. The second kappa shape index (κ2) is 9.06. The fourth-order valence-electron chi connectivity index (χ4n) is 2.31. The van der Waals surface area contributed by atoms with Gasteiger partial charge in [0.25, 0.3) is 0 Å². The van der Waals surface area contributed by atoms with Crippen LogP contribution in [0.4, 0.5) is 0 Å². The first kappa shape index (κ1) is 21.7. The lowest BCUT2D eigenvalue weighted by atomic mass is 10.2. The maximum atomic E-state index is 12.6. The van der Waals surface area contributed by atoms with Gasteiger partial charge in [-0.15, -0.1) is 0 Å². The van der Waals surface area contributed by atoms with Crippen LogP contribution in [-0.4, -0.2) is 27.0 Å². The SMILES string of the molecule is CCOc1cc(C#N)cc(Cl)c1OC(=O)c1cccc(S(=O)(=O)NC(C)C)c1. The van der Waals surface area contributed by atoms with Crippen LogP contribution in [0.5, 0.6) is 11.5 Å². The van der Waals surface area contributed by atoms with Crippen LogP contribution in [0, 0.1) is 11.3 Å². The van der Waals surface area contributed by atoms with Crippen LogP contribution >= 0.6 is 11.6 Å². The highest BCUT2D eigenvalue weighted by atomic mass is 35.5. The second-order valence-corrected chi connectivity index (χ2v) is 8.14. The Bertz CT molecular complexity index is 1030. The molecule has 0 fully saturated rings. The van der Waals surface area contributed by atoms with Gasteiger partial charge in [-0.2, -0.15) is 5.26 Å². The fraction of sp³-hybridized carbons (Fsp3) is 0.263. The maximum Gasteiger partial charge on any atom is 0.343 e. The summed E-state index contributed by atoms with van der Waals surface area (Å²) in [6.07, 6.45) is 0. The molecule has 9 heteroatoms. The molecule has 7 nitrogen and oxygen atoms in total.